The highest BCUT2D eigenvalue weighted by Crippen LogP contribution is 2.49. The molecule has 1 aliphatic heterocycles. The van der Waals surface area contributed by atoms with Gasteiger partial charge in [-0.15, -0.1) is 0 Å². The van der Waals surface area contributed by atoms with Crippen LogP contribution in [0.1, 0.15) is 25.6 Å². The van der Waals surface area contributed by atoms with Gasteiger partial charge in [0.05, 0.1) is 25.6 Å². The largest absolute Gasteiger partial charge is 0.468 e. The van der Waals surface area contributed by atoms with Crippen molar-refractivity contribution in [1.29, 1.82) is 0 Å². The van der Waals surface area contributed by atoms with Crippen LogP contribution in [-0.2, 0) is 23.4 Å². The quantitative estimate of drug-likeness (QED) is 0.168. The van der Waals surface area contributed by atoms with Crippen molar-refractivity contribution in [3.05, 3.63) is 60.7 Å². The summed E-state index contributed by atoms with van der Waals surface area (Å²) >= 11 is 0. The van der Waals surface area contributed by atoms with Gasteiger partial charge in [-0.2, -0.15) is 10.2 Å². The minimum Gasteiger partial charge on any atom is -0.468 e. The molecular weight excluding hydrogens is 543 g/mol. The summed E-state index contributed by atoms with van der Waals surface area (Å²) in [7, 11) is -3.10. The molecule has 4 aromatic rings. The van der Waals surface area contributed by atoms with Crippen molar-refractivity contribution in [2.75, 3.05) is 19.5 Å². The first-order valence-corrected chi connectivity index (χ1v) is 13.9. The number of nitrogens with two attached hydrogens (primary N) is 1. The van der Waals surface area contributed by atoms with E-state index in [2.05, 4.69) is 20.2 Å². The Balaban J connectivity index is 1.41. The number of nitrogens with one attached hydrogen (secondary N) is 1. The van der Waals surface area contributed by atoms with E-state index in [1.807, 2.05) is 18.2 Å². The number of hydrogen-bond donors (Lipinski definition) is 4. The van der Waals surface area contributed by atoms with Crippen LogP contribution in [0.2, 0.25) is 0 Å². The maximum atomic E-state index is 14.0. The Labute approximate surface area is 228 Å². The number of nitrogens with zero attached hydrogens (tertiary/aromatic N) is 4. The fraction of sp³-hybridized carbons (Fsp3) is 0.360. The summed E-state index contributed by atoms with van der Waals surface area (Å²) in [6.07, 6.45) is -1.12. The molecule has 14 nitrogen and oxygen atoms in total. The van der Waals surface area contributed by atoms with Gasteiger partial charge in [0.2, 0.25) is 0 Å². The number of aromatic nitrogens is 4. The first-order chi connectivity index (χ1) is 19.0. The number of nitrogen functional groups attached to an aromatic ring is 1. The Kier molecular flexibility index (Phi) is 7.48. The zero-order valence-corrected chi connectivity index (χ0v) is 22.8. The fourth-order valence-corrected chi connectivity index (χ4v) is 6.10. The van der Waals surface area contributed by atoms with E-state index in [0.717, 1.165) is 5.39 Å². The minimum absolute atomic E-state index is 0.122. The third-order valence-corrected chi connectivity index (χ3v) is 8.33. The number of imidazole rings is 1. The van der Waals surface area contributed by atoms with Gasteiger partial charge in [0.15, 0.2) is 11.5 Å². The summed E-state index contributed by atoms with van der Waals surface area (Å²) in [5.41, 5.74) is 4.60. The smallest absolute Gasteiger partial charge is 0.459 e. The molecule has 0 spiro atoms. The number of fused-ring (bicyclic) bond motifs is 2. The summed E-state index contributed by atoms with van der Waals surface area (Å²) in [6, 6.07) is 11.4. The number of ether oxygens (including phenoxy) is 2. The van der Waals surface area contributed by atoms with Gasteiger partial charge in [-0.1, -0.05) is 36.4 Å². The fourth-order valence-electron chi connectivity index (χ4n) is 4.58. The van der Waals surface area contributed by atoms with Crippen LogP contribution in [0.5, 0.6) is 5.75 Å². The highest BCUT2D eigenvalue weighted by Gasteiger charge is 2.54. The lowest BCUT2D eigenvalue weighted by Gasteiger charge is -2.26. The second-order valence-corrected chi connectivity index (χ2v) is 11.2. The van der Waals surface area contributed by atoms with E-state index in [1.165, 1.54) is 38.0 Å². The molecule has 1 fully saturated rings. The highest BCUT2D eigenvalue weighted by molar-refractivity contribution is 7.52. The van der Waals surface area contributed by atoms with Crippen molar-refractivity contribution in [2.45, 2.75) is 43.8 Å². The van der Waals surface area contributed by atoms with Gasteiger partial charge in [0, 0.05) is 5.39 Å². The van der Waals surface area contributed by atoms with Crippen LogP contribution in [0, 0.1) is 0 Å². The molecule has 0 saturated carbocycles. The summed E-state index contributed by atoms with van der Waals surface area (Å²) in [6.45, 7) is 2.34. The Morgan fingerprint density at radius 1 is 1.27 bits per heavy atom. The second-order valence-electron chi connectivity index (χ2n) is 9.52. The van der Waals surface area contributed by atoms with Crippen LogP contribution in [-0.4, -0.2) is 73.3 Å². The number of aliphatic hydroxyl groups is 2. The number of hydrogen-bond acceptors (Lipinski definition) is 12. The van der Waals surface area contributed by atoms with Crippen LogP contribution >= 0.6 is 7.75 Å². The van der Waals surface area contributed by atoms with Crippen LogP contribution in [0.3, 0.4) is 0 Å². The maximum Gasteiger partial charge on any atom is 0.459 e. The summed E-state index contributed by atoms with van der Waals surface area (Å²) in [4.78, 5) is 20.2. The number of anilines is 1. The van der Waals surface area contributed by atoms with Gasteiger partial charge in [0.1, 0.15) is 42.0 Å². The minimum atomic E-state index is -4.29. The molecule has 6 atom stereocenters. The molecule has 1 unspecified atom stereocenters. The van der Waals surface area contributed by atoms with E-state index in [1.54, 1.807) is 24.3 Å². The zero-order chi connectivity index (χ0) is 28.7. The third kappa shape index (κ3) is 5.12. The monoisotopic (exact) mass is 572 g/mol. The van der Waals surface area contributed by atoms with E-state index in [0.29, 0.717) is 11.1 Å². The number of carbonyl (C=O) groups excluding carboxylic acids is 1. The van der Waals surface area contributed by atoms with Gasteiger partial charge < -0.3 is 29.9 Å². The van der Waals surface area contributed by atoms with Gasteiger partial charge in [-0.25, -0.2) is 19.0 Å². The Bertz CT molecular complexity index is 1590. The molecule has 0 aliphatic carbocycles. The van der Waals surface area contributed by atoms with Gasteiger partial charge in [0.25, 0.3) is 0 Å². The van der Waals surface area contributed by atoms with Crippen molar-refractivity contribution in [1.82, 2.24) is 24.7 Å². The number of aliphatic hydroxyl groups excluding tert-OH is 1. The second kappa shape index (κ2) is 10.7. The van der Waals surface area contributed by atoms with Crippen LogP contribution < -0.4 is 15.3 Å². The SMILES string of the molecule is COC(=O)[C@@H](C)NP(=O)(OC[C@H]1O[C@@H](c2cnc3c(N)ncnn23)[C@](C)(O)[C@@H]1O)Oc1cccc2ccccc12. The number of esters is 1. The van der Waals surface area contributed by atoms with Crippen molar-refractivity contribution in [3.63, 3.8) is 0 Å². The Morgan fingerprint density at radius 2 is 2.02 bits per heavy atom. The maximum absolute atomic E-state index is 14.0. The van der Waals surface area contributed by atoms with Crippen LogP contribution in [0.4, 0.5) is 5.82 Å². The third-order valence-electron chi connectivity index (χ3n) is 6.70. The van der Waals surface area contributed by atoms with E-state index in [4.69, 9.17) is 24.3 Å². The van der Waals surface area contributed by atoms with Crippen molar-refractivity contribution in [3.8, 4) is 5.75 Å². The van der Waals surface area contributed by atoms with E-state index < -0.39 is 50.3 Å². The first-order valence-electron chi connectivity index (χ1n) is 12.3. The molecule has 5 rings (SSSR count). The standard InChI is InChI=1S/C25H29N6O8P/c1-14(24(33)36-3)30-40(35,39-18-10-6-8-15-7-4-5-9-16(15)18)37-12-19-20(32)25(2,34)21(38-19)17-11-27-23-22(26)28-13-29-31(17)23/h4-11,13-14,19-21,32,34H,12H2,1-3H3,(H,30,35)(H2,26,28,29)/t14-,19-,20-,21+,25-,40?/m1/s1. The molecule has 15 heteroatoms. The normalized spacial score (nSPS) is 25.1. The molecule has 1 saturated heterocycles. The lowest BCUT2D eigenvalue weighted by Crippen LogP contribution is -2.43. The molecule has 2 aromatic carbocycles. The van der Waals surface area contributed by atoms with Crippen molar-refractivity contribution >= 4 is 36.0 Å². The zero-order valence-electron chi connectivity index (χ0n) is 21.9. The highest BCUT2D eigenvalue weighted by atomic mass is 31.2. The lowest BCUT2D eigenvalue weighted by atomic mass is 9.91. The van der Waals surface area contributed by atoms with E-state index >= 15 is 0 Å². The number of carbonyl (C=O) groups is 1. The van der Waals surface area contributed by atoms with Gasteiger partial charge in [-0.3, -0.25) is 9.32 Å². The molecule has 212 valence electrons. The van der Waals surface area contributed by atoms with Crippen molar-refractivity contribution < 1.29 is 38.1 Å². The molecule has 0 amide bonds. The first kappa shape index (κ1) is 27.9. The van der Waals surface area contributed by atoms with E-state index in [9.17, 15) is 19.6 Å². The van der Waals surface area contributed by atoms with Gasteiger partial charge >= 0.3 is 13.7 Å². The van der Waals surface area contributed by atoms with Crippen LogP contribution in [0.25, 0.3) is 16.4 Å². The number of rotatable bonds is 9. The number of methoxy groups -OCH3 is 1. The molecule has 2 aromatic heterocycles. The predicted octanol–water partition coefficient (Wildman–Crippen LogP) is 1.77. The molecular formula is C25H29N6O8P. The molecule has 3 heterocycles. The summed E-state index contributed by atoms with van der Waals surface area (Å²) in [5.74, 6) is -0.331. The average Bonchev–Trinajstić information content (AvgIpc) is 3.46. The molecule has 1 aliphatic rings. The molecule has 0 bridgehead atoms. The van der Waals surface area contributed by atoms with E-state index in [-0.39, 0.29) is 17.2 Å². The van der Waals surface area contributed by atoms with Crippen molar-refractivity contribution in [2.24, 2.45) is 0 Å². The van der Waals surface area contributed by atoms with Crippen LogP contribution in [0.15, 0.2) is 55.0 Å². The molecule has 40 heavy (non-hydrogen) atoms. The van der Waals surface area contributed by atoms with Gasteiger partial charge in [-0.05, 0) is 25.3 Å². The summed E-state index contributed by atoms with van der Waals surface area (Å²) in [5, 5.41) is 30.4. The molecule has 0 radical (unpaired) electrons. The average molecular weight is 573 g/mol. The summed E-state index contributed by atoms with van der Waals surface area (Å²) < 4.78 is 37.7. The Hall–Kier alpha value is -3.65. The topological polar surface area (TPSA) is 193 Å². The lowest BCUT2D eigenvalue weighted by molar-refractivity contribution is -0.142. The Morgan fingerprint density at radius 3 is 2.80 bits per heavy atom. The predicted molar refractivity (Wildman–Crippen MR) is 142 cm³/mol. The number of benzene rings is 2. The molecule has 5 N–H and O–H groups in total.